The van der Waals surface area contributed by atoms with Gasteiger partial charge < -0.3 is 10.2 Å². The van der Waals surface area contributed by atoms with Crippen LogP contribution in [0, 0.1) is 6.92 Å². The first-order valence-electron chi connectivity index (χ1n) is 6.56. The minimum Gasteiger partial charge on any atom is -0.373 e. The van der Waals surface area contributed by atoms with Crippen LogP contribution in [-0.4, -0.2) is 30.6 Å². The Labute approximate surface area is 128 Å². The number of aryl methyl sites for hydroxylation is 1. The Hall–Kier alpha value is -1.62. The number of benzene rings is 1. The third-order valence-electron chi connectivity index (χ3n) is 3.33. The number of halogens is 1. The van der Waals surface area contributed by atoms with E-state index in [1.165, 1.54) is 11.1 Å². The van der Waals surface area contributed by atoms with E-state index in [4.69, 9.17) is 0 Å². The monoisotopic (exact) mass is 334 g/mol. The van der Waals surface area contributed by atoms with Gasteiger partial charge in [-0.2, -0.15) is 0 Å². The Kier molecular flexibility index (Phi) is 4.95. The van der Waals surface area contributed by atoms with E-state index in [-0.39, 0.29) is 0 Å². The molecule has 0 saturated heterocycles. The molecule has 0 spiro atoms. The van der Waals surface area contributed by atoms with Crippen LogP contribution in [0.15, 0.2) is 35.1 Å². The number of aromatic nitrogens is 2. The van der Waals surface area contributed by atoms with Crippen molar-refractivity contribution in [3.05, 3.63) is 46.2 Å². The number of hydrogen-bond acceptors (Lipinski definition) is 4. The molecule has 106 valence electrons. The van der Waals surface area contributed by atoms with Gasteiger partial charge in [-0.25, -0.2) is 9.97 Å². The summed E-state index contributed by atoms with van der Waals surface area (Å²) in [6, 6.07) is 8.35. The van der Waals surface area contributed by atoms with Gasteiger partial charge in [0.2, 0.25) is 0 Å². The highest BCUT2D eigenvalue weighted by Gasteiger charge is 2.06. The highest BCUT2D eigenvalue weighted by molar-refractivity contribution is 9.10. The number of rotatable bonds is 5. The molecule has 0 unspecified atom stereocenters. The molecule has 0 aliphatic rings. The molecule has 0 radical (unpaired) electrons. The Morgan fingerprint density at radius 1 is 1.25 bits per heavy atom. The molecule has 2 aromatic rings. The maximum atomic E-state index is 4.31. The van der Waals surface area contributed by atoms with Crippen LogP contribution in [0.25, 0.3) is 0 Å². The molecular formula is C15H19BrN4. The van der Waals surface area contributed by atoms with E-state index in [2.05, 4.69) is 68.3 Å². The van der Waals surface area contributed by atoms with Crippen molar-refractivity contribution >= 4 is 27.6 Å². The SMILES string of the molecule is CNc1cc(N(C)CCc2cc(Br)ccc2C)ncn1. The van der Waals surface area contributed by atoms with Crippen molar-refractivity contribution in [3.63, 3.8) is 0 Å². The molecule has 0 saturated carbocycles. The topological polar surface area (TPSA) is 41.0 Å². The third-order valence-corrected chi connectivity index (χ3v) is 3.82. The summed E-state index contributed by atoms with van der Waals surface area (Å²) in [5.74, 6) is 1.76. The predicted octanol–water partition coefficient (Wildman–Crippen LogP) is 3.27. The fraction of sp³-hybridized carbons (Fsp3) is 0.333. The van der Waals surface area contributed by atoms with Crippen LogP contribution in [0.3, 0.4) is 0 Å². The molecule has 4 nitrogen and oxygen atoms in total. The van der Waals surface area contributed by atoms with Crippen LogP contribution in [0.5, 0.6) is 0 Å². The number of anilines is 2. The molecular weight excluding hydrogens is 316 g/mol. The molecule has 2 rings (SSSR count). The zero-order valence-electron chi connectivity index (χ0n) is 12.0. The Morgan fingerprint density at radius 3 is 2.80 bits per heavy atom. The maximum Gasteiger partial charge on any atom is 0.133 e. The van der Waals surface area contributed by atoms with Gasteiger partial charge in [0, 0.05) is 31.2 Å². The second-order valence-electron chi connectivity index (χ2n) is 4.75. The van der Waals surface area contributed by atoms with Gasteiger partial charge in [-0.3, -0.25) is 0 Å². The molecule has 0 aliphatic carbocycles. The van der Waals surface area contributed by atoms with Crippen LogP contribution in [0.2, 0.25) is 0 Å². The minimum atomic E-state index is 0.834. The van der Waals surface area contributed by atoms with Gasteiger partial charge >= 0.3 is 0 Å². The summed E-state index contributed by atoms with van der Waals surface area (Å²) >= 11 is 3.52. The first-order valence-corrected chi connectivity index (χ1v) is 7.35. The fourth-order valence-corrected chi connectivity index (χ4v) is 2.41. The van der Waals surface area contributed by atoms with Crippen LogP contribution in [0.4, 0.5) is 11.6 Å². The van der Waals surface area contributed by atoms with Crippen molar-refractivity contribution in [1.29, 1.82) is 0 Å². The Bertz CT molecular complexity index is 586. The number of nitrogens with zero attached hydrogens (tertiary/aromatic N) is 3. The Balaban J connectivity index is 2.04. The standard InChI is InChI=1S/C15H19BrN4/c1-11-4-5-13(16)8-12(11)6-7-20(3)15-9-14(17-2)18-10-19-15/h4-5,8-10H,6-7H2,1-3H3,(H,17,18,19). The summed E-state index contributed by atoms with van der Waals surface area (Å²) in [5, 5.41) is 3.03. The number of likely N-dealkylation sites (N-methyl/N-ethyl adjacent to an activating group) is 1. The van der Waals surface area contributed by atoms with E-state index >= 15 is 0 Å². The zero-order chi connectivity index (χ0) is 14.5. The molecule has 0 aliphatic heterocycles. The smallest absolute Gasteiger partial charge is 0.133 e. The van der Waals surface area contributed by atoms with Crippen molar-refractivity contribution in [2.75, 3.05) is 30.9 Å². The lowest BCUT2D eigenvalue weighted by atomic mass is 10.1. The van der Waals surface area contributed by atoms with Gasteiger partial charge in [0.15, 0.2) is 0 Å². The van der Waals surface area contributed by atoms with Gasteiger partial charge in [-0.15, -0.1) is 0 Å². The second kappa shape index (κ2) is 6.70. The summed E-state index contributed by atoms with van der Waals surface area (Å²) in [4.78, 5) is 10.6. The number of hydrogen-bond donors (Lipinski definition) is 1. The molecule has 1 aromatic heterocycles. The molecule has 1 aromatic carbocycles. The summed E-state index contributed by atoms with van der Waals surface area (Å²) < 4.78 is 1.13. The van der Waals surface area contributed by atoms with E-state index in [0.29, 0.717) is 0 Å². The van der Waals surface area contributed by atoms with E-state index in [1.54, 1.807) is 6.33 Å². The molecule has 20 heavy (non-hydrogen) atoms. The van der Waals surface area contributed by atoms with Gasteiger partial charge in [-0.05, 0) is 36.6 Å². The fourth-order valence-electron chi connectivity index (χ4n) is 2.00. The average Bonchev–Trinajstić information content (AvgIpc) is 2.48. The molecule has 0 fully saturated rings. The van der Waals surface area contributed by atoms with Crippen molar-refractivity contribution in [2.24, 2.45) is 0 Å². The van der Waals surface area contributed by atoms with Gasteiger partial charge in [0.05, 0.1) is 0 Å². The van der Waals surface area contributed by atoms with Crippen LogP contribution < -0.4 is 10.2 Å². The molecule has 0 atom stereocenters. The molecule has 0 amide bonds. The highest BCUT2D eigenvalue weighted by atomic mass is 79.9. The largest absolute Gasteiger partial charge is 0.373 e. The zero-order valence-corrected chi connectivity index (χ0v) is 13.6. The van der Waals surface area contributed by atoms with Crippen molar-refractivity contribution in [3.8, 4) is 0 Å². The minimum absolute atomic E-state index is 0.834. The van der Waals surface area contributed by atoms with Crippen molar-refractivity contribution < 1.29 is 0 Å². The van der Waals surface area contributed by atoms with Crippen molar-refractivity contribution in [1.82, 2.24) is 9.97 Å². The molecule has 1 N–H and O–H groups in total. The normalized spacial score (nSPS) is 10.4. The van der Waals surface area contributed by atoms with Crippen LogP contribution in [-0.2, 0) is 6.42 Å². The van der Waals surface area contributed by atoms with Gasteiger partial charge in [-0.1, -0.05) is 22.0 Å². The van der Waals surface area contributed by atoms with E-state index in [9.17, 15) is 0 Å². The van der Waals surface area contributed by atoms with Crippen LogP contribution in [0.1, 0.15) is 11.1 Å². The maximum absolute atomic E-state index is 4.31. The average molecular weight is 335 g/mol. The van der Waals surface area contributed by atoms with Gasteiger partial charge in [0.1, 0.15) is 18.0 Å². The lowest BCUT2D eigenvalue weighted by Gasteiger charge is -2.19. The van der Waals surface area contributed by atoms with E-state index < -0.39 is 0 Å². The molecule has 1 heterocycles. The van der Waals surface area contributed by atoms with Gasteiger partial charge in [0.25, 0.3) is 0 Å². The quantitative estimate of drug-likeness (QED) is 0.911. The third kappa shape index (κ3) is 3.70. The van der Waals surface area contributed by atoms with Crippen LogP contribution >= 0.6 is 15.9 Å². The Morgan fingerprint density at radius 2 is 2.05 bits per heavy atom. The first kappa shape index (κ1) is 14.8. The highest BCUT2D eigenvalue weighted by Crippen LogP contribution is 2.18. The summed E-state index contributed by atoms with van der Waals surface area (Å²) in [6.45, 7) is 3.06. The summed E-state index contributed by atoms with van der Waals surface area (Å²) in [5.41, 5.74) is 2.68. The second-order valence-corrected chi connectivity index (χ2v) is 5.67. The summed E-state index contributed by atoms with van der Waals surface area (Å²) in [7, 11) is 3.91. The first-order chi connectivity index (χ1) is 9.60. The molecule has 0 bridgehead atoms. The van der Waals surface area contributed by atoms with Crippen molar-refractivity contribution in [2.45, 2.75) is 13.3 Å². The molecule has 5 heteroatoms. The number of nitrogens with one attached hydrogen (secondary N) is 1. The summed E-state index contributed by atoms with van der Waals surface area (Å²) in [6.07, 6.45) is 2.57. The lowest BCUT2D eigenvalue weighted by Crippen LogP contribution is -2.21. The lowest BCUT2D eigenvalue weighted by molar-refractivity contribution is 0.851. The van der Waals surface area contributed by atoms with E-state index in [1.807, 2.05) is 13.1 Å². The van der Waals surface area contributed by atoms with E-state index in [0.717, 1.165) is 29.1 Å². The predicted molar refractivity (Wildman–Crippen MR) is 87.4 cm³/mol.